The number of ether oxygens (including phenoxy) is 2. The van der Waals surface area contributed by atoms with Gasteiger partial charge in [0, 0.05) is 12.1 Å². The van der Waals surface area contributed by atoms with Crippen molar-refractivity contribution in [3.05, 3.63) is 64.2 Å². The molecule has 2 aromatic carbocycles. The summed E-state index contributed by atoms with van der Waals surface area (Å²) in [4.78, 5) is 27.8. The second kappa shape index (κ2) is 10.8. The molecule has 0 saturated carbocycles. The monoisotopic (exact) mass is 465 g/mol. The van der Waals surface area contributed by atoms with Crippen molar-refractivity contribution in [3.8, 4) is 11.5 Å². The summed E-state index contributed by atoms with van der Waals surface area (Å²) in [7, 11) is 1.62. The molecule has 3 rings (SSSR count). The minimum absolute atomic E-state index is 0.106. The number of hydrogen-bond acceptors (Lipinski definition) is 5. The number of aliphatic hydroxyl groups excluding tert-OH is 1. The molecular formula is C28H35NO5. The van der Waals surface area contributed by atoms with E-state index in [1.807, 2.05) is 71.0 Å². The Morgan fingerprint density at radius 2 is 1.85 bits per heavy atom. The highest BCUT2D eigenvalue weighted by Gasteiger charge is 2.46. The van der Waals surface area contributed by atoms with Gasteiger partial charge in [-0.3, -0.25) is 9.59 Å². The van der Waals surface area contributed by atoms with Crippen molar-refractivity contribution in [2.75, 3.05) is 20.3 Å². The van der Waals surface area contributed by atoms with Crippen molar-refractivity contribution in [2.45, 2.75) is 59.4 Å². The maximum absolute atomic E-state index is 13.2. The summed E-state index contributed by atoms with van der Waals surface area (Å²) in [6.45, 7) is 10.9. The first-order chi connectivity index (χ1) is 16.2. The van der Waals surface area contributed by atoms with E-state index in [9.17, 15) is 14.7 Å². The summed E-state index contributed by atoms with van der Waals surface area (Å²) >= 11 is 0. The molecule has 182 valence electrons. The van der Waals surface area contributed by atoms with Gasteiger partial charge in [0.1, 0.15) is 17.3 Å². The zero-order valence-electron chi connectivity index (χ0n) is 21.0. The van der Waals surface area contributed by atoms with Crippen molar-refractivity contribution < 1.29 is 24.2 Å². The van der Waals surface area contributed by atoms with Gasteiger partial charge in [-0.15, -0.1) is 0 Å². The second-order valence-electron chi connectivity index (χ2n) is 8.98. The Kier molecular flexibility index (Phi) is 8.02. The Balaban J connectivity index is 2.22. The van der Waals surface area contributed by atoms with Gasteiger partial charge < -0.3 is 19.5 Å². The lowest BCUT2D eigenvalue weighted by molar-refractivity contribution is -0.139. The molecule has 0 aliphatic carbocycles. The highest BCUT2D eigenvalue weighted by molar-refractivity contribution is 6.46. The van der Waals surface area contributed by atoms with Crippen LogP contribution in [0.15, 0.2) is 42.0 Å². The topological polar surface area (TPSA) is 76.1 Å². The average Bonchev–Trinajstić information content (AvgIpc) is 3.07. The highest BCUT2D eigenvalue weighted by Crippen LogP contribution is 2.42. The number of nitrogens with zero attached hydrogens (tertiary/aromatic N) is 1. The quantitative estimate of drug-likeness (QED) is 0.290. The van der Waals surface area contributed by atoms with E-state index in [1.165, 1.54) is 0 Å². The predicted molar refractivity (Wildman–Crippen MR) is 133 cm³/mol. The normalized spacial score (nSPS) is 17.5. The molecule has 1 unspecified atom stereocenters. The number of aliphatic hydroxyl groups is 1. The lowest BCUT2D eigenvalue weighted by Crippen LogP contribution is -2.30. The number of amides is 1. The van der Waals surface area contributed by atoms with Gasteiger partial charge in [0.15, 0.2) is 0 Å². The molecule has 1 N–H and O–H groups in total. The third kappa shape index (κ3) is 4.81. The molecule has 0 radical (unpaired) electrons. The number of hydrogen-bond donors (Lipinski definition) is 1. The van der Waals surface area contributed by atoms with Gasteiger partial charge in [0.25, 0.3) is 11.7 Å². The van der Waals surface area contributed by atoms with Crippen LogP contribution in [0.4, 0.5) is 0 Å². The molecule has 0 aromatic heterocycles. The fourth-order valence-corrected chi connectivity index (χ4v) is 4.42. The fourth-order valence-electron chi connectivity index (χ4n) is 4.42. The number of aryl methyl sites for hydroxylation is 1. The molecule has 6 heteroatoms. The fraction of sp³-hybridized carbons (Fsp3) is 0.429. The van der Waals surface area contributed by atoms with Crippen molar-refractivity contribution in [2.24, 2.45) is 0 Å². The third-order valence-corrected chi connectivity index (χ3v) is 6.10. The summed E-state index contributed by atoms with van der Waals surface area (Å²) in [6.07, 6.45) is 1.56. The first-order valence-corrected chi connectivity index (χ1v) is 11.9. The summed E-state index contributed by atoms with van der Waals surface area (Å²) in [5.74, 6) is 0.120. The predicted octanol–water partition coefficient (Wildman–Crippen LogP) is 5.75. The molecule has 1 heterocycles. The molecule has 1 aliphatic rings. The van der Waals surface area contributed by atoms with Crippen molar-refractivity contribution in [3.63, 3.8) is 0 Å². The van der Waals surface area contributed by atoms with Gasteiger partial charge in [-0.1, -0.05) is 39.8 Å². The lowest BCUT2D eigenvalue weighted by atomic mass is 9.91. The highest BCUT2D eigenvalue weighted by atomic mass is 16.5. The van der Waals surface area contributed by atoms with Gasteiger partial charge in [0.2, 0.25) is 0 Å². The Hall–Kier alpha value is -3.28. The van der Waals surface area contributed by atoms with Crippen LogP contribution >= 0.6 is 0 Å². The van der Waals surface area contributed by atoms with Crippen molar-refractivity contribution in [1.29, 1.82) is 0 Å². The van der Waals surface area contributed by atoms with Gasteiger partial charge in [-0.25, -0.2) is 0 Å². The number of likely N-dealkylation sites (tertiary alicyclic amines) is 1. The maximum atomic E-state index is 13.2. The van der Waals surface area contributed by atoms with E-state index in [0.717, 1.165) is 28.9 Å². The first-order valence-electron chi connectivity index (χ1n) is 11.9. The largest absolute Gasteiger partial charge is 0.507 e. The van der Waals surface area contributed by atoms with E-state index in [1.54, 1.807) is 12.0 Å². The molecule has 0 bridgehead atoms. The summed E-state index contributed by atoms with van der Waals surface area (Å²) in [5.41, 5.74) is 3.05. The number of benzene rings is 2. The van der Waals surface area contributed by atoms with E-state index in [4.69, 9.17) is 9.47 Å². The standard InChI is InChI=1S/C28H35NO5/c1-7-12-29-25(19-10-9-11-20(15-19)34-13-8-2)24(27(31)28(29)32)26(30)22-16-21(17(3)4)23(33-6)14-18(22)5/h9-11,14-17,25,30H,7-8,12-13H2,1-6H3/b26-24+. The minimum Gasteiger partial charge on any atom is -0.507 e. The summed E-state index contributed by atoms with van der Waals surface area (Å²) in [5, 5.41) is 11.5. The van der Waals surface area contributed by atoms with Gasteiger partial charge in [-0.2, -0.15) is 0 Å². The van der Waals surface area contributed by atoms with E-state index in [-0.39, 0.29) is 17.3 Å². The third-order valence-electron chi connectivity index (χ3n) is 6.10. The number of carbonyl (C=O) groups is 2. The molecule has 34 heavy (non-hydrogen) atoms. The molecule has 1 fully saturated rings. The van der Waals surface area contributed by atoms with E-state index in [0.29, 0.717) is 30.9 Å². The molecule has 1 saturated heterocycles. The van der Waals surface area contributed by atoms with E-state index in [2.05, 4.69) is 0 Å². The van der Waals surface area contributed by atoms with Crippen LogP contribution in [-0.2, 0) is 9.59 Å². The van der Waals surface area contributed by atoms with Crippen LogP contribution in [-0.4, -0.2) is 42.0 Å². The Morgan fingerprint density at radius 3 is 2.47 bits per heavy atom. The van der Waals surface area contributed by atoms with Crippen LogP contribution in [0.5, 0.6) is 11.5 Å². The van der Waals surface area contributed by atoms with Crippen molar-refractivity contribution in [1.82, 2.24) is 4.90 Å². The van der Waals surface area contributed by atoms with Crippen LogP contribution in [0.1, 0.15) is 74.8 Å². The second-order valence-corrected chi connectivity index (χ2v) is 8.98. The minimum atomic E-state index is -0.686. The molecule has 0 spiro atoms. The van der Waals surface area contributed by atoms with Gasteiger partial charge >= 0.3 is 0 Å². The number of ketones is 1. The number of methoxy groups -OCH3 is 1. The van der Waals surface area contributed by atoms with Crippen LogP contribution < -0.4 is 9.47 Å². The zero-order chi connectivity index (χ0) is 25.0. The molecule has 1 aliphatic heterocycles. The molecular weight excluding hydrogens is 430 g/mol. The Morgan fingerprint density at radius 1 is 1.12 bits per heavy atom. The van der Waals surface area contributed by atoms with Crippen molar-refractivity contribution >= 4 is 17.4 Å². The smallest absolute Gasteiger partial charge is 0.295 e. The zero-order valence-corrected chi connectivity index (χ0v) is 21.0. The van der Waals surface area contributed by atoms with Gasteiger partial charge in [0.05, 0.1) is 25.3 Å². The summed E-state index contributed by atoms with van der Waals surface area (Å²) in [6, 6.07) is 10.5. The lowest BCUT2D eigenvalue weighted by Gasteiger charge is -2.25. The Bertz CT molecular complexity index is 1100. The molecule has 1 amide bonds. The molecule has 6 nitrogen and oxygen atoms in total. The number of rotatable bonds is 9. The van der Waals surface area contributed by atoms with E-state index < -0.39 is 17.7 Å². The number of carbonyl (C=O) groups excluding carboxylic acids is 2. The first kappa shape index (κ1) is 25.3. The average molecular weight is 466 g/mol. The van der Waals surface area contributed by atoms with E-state index >= 15 is 0 Å². The molecule has 2 aromatic rings. The maximum Gasteiger partial charge on any atom is 0.295 e. The van der Waals surface area contributed by atoms with Gasteiger partial charge in [-0.05, 0) is 66.6 Å². The Labute approximate surface area is 202 Å². The SMILES string of the molecule is CCCOc1cccc(C2/C(=C(\O)c3cc(C(C)C)c(OC)cc3C)C(=O)C(=O)N2CCC)c1. The van der Waals surface area contributed by atoms with Crippen LogP contribution in [0.2, 0.25) is 0 Å². The number of Topliss-reactive ketones (excluding diaryl/α,β-unsaturated/α-hetero) is 1. The van der Waals surface area contributed by atoms with Crippen LogP contribution in [0, 0.1) is 6.92 Å². The summed E-state index contributed by atoms with van der Waals surface area (Å²) < 4.78 is 11.3. The molecule has 1 atom stereocenters. The van der Waals surface area contributed by atoms with Crippen LogP contribution in [0.25, 0.3) is 5.76 Å². The van der Waals surface area contributed by atoms with Crippen LogP contribution in [0.3, 0.4) is 0 Å².